The van der Waals surface area contributed by atoms with Crippen LogP contribution in [0.4, 0.5) is 13.2 Å². The molecule has 0 bridgehead atoms. The number of amides is 1. The molecule has 138 valence electrons. The Hall–Kier alpha value is -2.29. The first kappa shape index (κ1) is 19.0. The molecule has 0 N–H and O–H groups in total. The average Bonchev–Trinajstić information content (AvgIpc) is 2.61. The van der Waals surface area contributed by atoms with Crippen LogP contribution in [-0.4, -0.2) is 74.3 Å². The Morgan fingerprint density at radius 1 is 1.08 bits per heavy atom. The third-order valence-electron chi connectivity index (χ3n) is 3.87. The minimum atomic E-state index is -4.84. The summed E-state index contributed by atoms with van der Waals surface area (Å²) in [6.45, 7) is 1.15. The van der Waals surface area contributed by atoms with Gasteiger partial charge in [-0.05, 0) is 24.3 Å². The van der Waals surface area contributed by atoms with Crippen LogP contribution < -0.4 is 4.74 Å². The van der Waals surface area contributed by atoms with Crippen molar-refractivity contribution in [3.05, 3.63) is 29.8 Å². The molecular weight excluding hydrogens is 341 g/mol. The predicted octanol–water partition coefficient (Wildman–Crippen LogP) is 1.56. The molecule has 0 aromatic heterocycles. The van der Waals surface area contributed by atoms with Gasteiger partial charge in [-0.25, -0.2) is 4.79 Å². The van der Waals surface area contributed by atoms with Crippen LogP contribution in [-0.2, 0) is 9.53 Å². The van der Waals surface area contributed by atoms with Gasteiger partial charge >= 0.3 is 18.1 Å². The largest absolute Gasteiger partial charge is 0.497 e. The molecule has 1 heterocycles. The summed E-state index contributed by atoms with van der Waals surface area (Å²) in [7, 11) is 1.52. The summed E-state index contributed by atoms with van der Waals surface area (Å²) in [6.07, 6.45) is -4.84. The van der Waals surface area contributed by atoms with Gasteiger partial charge in [0.05, 0.1) is 12.7 Å². The Morgan fingerprint density at radius 2 is 1.68 bits per heavy atom. The molecule has 6 nitrogen and oxygen atoms in total. The van der Waals surface area contributed by atoms with Gasteiger partial charge in [0.25, 0.3) is 0 Å². The van der Waals surface area contributed by atoms with E-state index in [2.05, 4.69) is 0 Å². The summed E-state index contributed by atoms with van der Waals surface area (Å²) < 4.78 is 47.2. The van der Waals surface area contributed by atoms with Crippen LogP contribution in [0.5, 0.6) is 5.75 Å². The van der Waals surface area contributed by atoms with Crippen LogP contribution in [0.2, 0.25) is 0 Å². The van der Waals surface area contributed by atoms with Crippen LogP contribution >= 0.6 is 0 Å². The summed E-state index contributed by atoms with van der Waals surface area (Å²) in [4.78, 5) is 25.7. The second-order valence-corrected chi connectivity index (χ2v) is 5.50. The normalized spacial score (nSPS) is 15.8. The highest BCUT2D eigenvalue weighted by atomic mass is 19.4. The molecule has 1 aliphatic rings. The number of carbonyl (C=O) groups excluding carboxylic acids is 2. The van der Waals surface area contributed by atoms with Gasteiger partial charge in [0.15, 0.2) is 0 Å². The van der Waals surface area contributed by atoms with E-state index in [1.54, 1.807) is 24.3 Å². The number of hydrogen-bond donors (Lipinski definition) is 0. The lowest BCUT2D eigenvalue weighted by Gasteiger charge is -2.34. The molecular formula is C16H19F3N2O4. The number of hydrogen-bond acceptors (Lipinski definition) is 5. The molecule has 0 aliphatic carbocycles. The topological polar surface area (TPSA) is 59.1 Å². The van der Waals surface area contributed by atoms with Gasteiger partial charge in [-0.15, -0.1) is 0 Å². The Labute approximate surface area is 143 Å². The van der Waals surface area contributed by atoms with Crippen LogP contribution in [0.1, 0.15) is 10.4 Å². The van der Waals surface area contributed by atoms with Crippen LogP contribution in [0.3, 0.4) is 0 Å². The van der Waals surface area contributed by atoms with E-state index in [1.807, 2.05) is 4.90 Å². The second-order valence-electron chi connectivity index (χ2n) is 5.50. The van der Waals surface area contributed by atoms with Gasteiger partial charge in [0.2, 0.25) is 0 Å². The number of ether oxygens (including phenoxy) is 2. The molecule has 9 heteroatoms. The smallest absolute Gasteiger partial charge is 0.471 e. The highest BCUT2D eigenvalue weighted by Crippen LogP contribution is 2.19. The summed E-state index contributed by atoms with van der Waals surface area (Å²) in [6, 6.07) is 6.46. The lowest BCUT2D eigenvalue weighted by Crippen LogP contribution is -2.52. The number of carbonyl (C=O) groups is 2. The molecule has 0 radical (unpaired) electrons. The van der Waals surface area contributed by atoms with Crippen molar-refractivity contribution >= 4 is 11.9 Å². The Morgan fingerprint density at radius 3 is 2.20 bits per heavy atom. The number of halogens is 3. The van der Waals surface area contributed by atoms with Crippen molar-refractivity contribution in [1.82, 2.24) is 9.80 Å². The van der Waals surface area contributed by atoms with E-state index in [1.165, 1.54) is 7.11 Å². The molecule has 0 atom stereocenters. The Bertz CT molecular complexity index is 596. The summed E-state index contributed by atoms with van der Waals surface area (Å²) in [5.74, 6) is -1.66. The van der Waals surface area contributed by atoms with E-state index in [4.69, 9.17) is 9.47 Å². The fraction of sp³-hybridized carbons (Fsp3) is 0.500. The minimum Gasteiger partial charge on any atom is -0.497 e. The minimum absolute atomic E-state index is 0.00473. The summed E-state index contributed by atoms with van der Waals surface area (Å²) in [5, 5.41) is 0. The van der Waals surface area contributed by atoms with Crippen LogP contribution in [0, 0.1) is 0 Å². The number of benzene rings is 1. The van der Waals surface area contributed by atoms with E-state index in [-0.39, 0.29) is 19.7 Å². The first-order chi connectivity index (χ1) is 11.8. The fourth-order valence-electron chi connectivity index (χ4n) is 2.43. The van der Waals surface area contributed by atoms with Gasteiger partial charge in [-0.2, -0.15) is 13.2 Å². The number of nitrogens with zero attached hydrogens (tertiary/aromatic N) is 2. The van der Waals surface area contributed by atoms with Gasteiger partial charge in [-0.3, -0.25) is 9.69 Å². The molecule has 25 heavy (non-hydrogen) atoms. The zero-order valence-electron chi connectivity index (χ0n) is 13.7. The van der Waals surface area contributed by atoms with Crippen molar-refractivity contribution in [2.75, 3.05) is 46.4 Å². The van der Waals surface area contributed by atoms with E-state index < -0.39 is 18.1 Å². The number of alkyl halides is 3. The number of esters is 1. The van der Waals surface area contributed by atoms with Crippen molar-refractivity contribution < 1.29 is 32.2 Å². The maximum Gasteiger partial charge on any atom is 0.471 e. The van der Waals surface area contributed by atoms with Gasteiger partial charge in [0.1, 0.15) is 12.4 Å². The molecule has 0 unspecified atom stereocenters. The van der Waals surface area contributed by atoms with Crippen LogP contribution in [0.15, 0.2) is 24.3 Å². The molecule has 0 saturated carbocycles. The van der Waals surface area contributed by atoms with Crippen molar-refractivity contribution in [2.24, 2.45) is 0 Å². The highest BCUT2D eigenvalue weighted by molar-refractivity contribution is 5.89. The van der Waals surface area contributed by atoms with Crippen molar-refractivity contribution in [3.8, 4) is 5.75 Å². The average molecular weight is 360 g/mol. The lowest BCUT2D eigenvalue weighted by molar-refractivity contribution is -0.187. The fourth-order valence-corrected chi connectivity index (χ4v) is 2.43. The zero-order chi connectivity index (χ0) is 18.4. The molecule has 1 fully saturated rings. The third kappa shape index (κ3) is 5.35. The van der Waals surface area contributed by atoms with Crippen molar-refractivity contribution in [3.63, 3.8) is 0 Å². The van der Waals surface area contributed by atoms with Gasteiger partial charge < -0.3 is 14.4 Å². The third-order valence-corrected chi connectivity index (χ3v) is 3.87. The number of methoxy groups -OCH3 is 1. The first-order valence-electron chi connectivity index (χ1n) is 7.71. The van der Waals surface area contributed by atoms with Gasteiger partial charge in [-0.1, -0.05) is 0 Å². The quantitative estimate of drug-likeness (QED) is 0.746. The predicted molar refractivity (Wildman–Crippen MR) is 82.4 cm³/mol. The molecule has 1 aliphatic heterocycles. The highest BCUT2D eigenvalue weighted by Gasteiger charge is 2.43. The molecule has 1 amide bonds. The van der Waals surface area contributed by atoms with E-state index in [0.29, 0.717) is 30.9 Å². The van der Waals surface area contributed by atoms with Crippen molar-refractivity contribution in [2.45, 2.75) is 6.18 Å². The number of rotatable bonds is 5. The second kappa shape index (κ2) is 8.19. The number of piperazine rings is 1. The lowest BCUT2D eigenvalue weighted by atomic mass is 10.2. The summed E-state index contributed by atoms with van der Waals surface area (Å²) in [5.41, 5.74) is 0.390. The molecule has 1 aromatic rings. The molecule has 0 spiro atoms. The van der Waals surface area contributed by atoms with E-state index in [9.17, 15) is 22.8 Å². The SMILES string of the molecule is COc1ccc(C(=O)OCCN2CCN(C(=O)C(F)(F)F)CC2)cc1. The molecule has 1 aromatic carbocycles. The van der Waals surface area contributed by atoms with E-state index >= 15 is 0 Å². The Kier molecular flexibility index (Phi) is 6.24. The molecule has 2 rings (SSSR count). The van der Waals surface area contributed by atoms with Crippen LogP contribution in [0.25, 0.3) is 0 Å². The summed E-state index contributed by atoms with van der Waals surface area (Å²) >= 11 is 0. The van der Waals surface area contributed by atoms with Gasteiger partial charge in [0, 0.05) is 32.7 Å². The van der Waals surface area contributed by atoms with Crippen molar-refractivity contribution in [1.29, 1.82) is 0 Å². The Balaban J connectivity index is 1.71. The monoisotopic (exact) mass is 360 g/mol. The standard InChI is InChI=1S/C16H19F3N2O4/c1-24-13-4-2-12(3-5-13)14(22)25-11-10-20-6-8-21(9-7-20)15(23)16(17,18)19/h2-5H,6-11H2,1H3. The first-order valence-corrected chi connectivity index (χ1v) is 7.71. The zero-order valence-corrected chi connectivity index (χ0v) is 13.7. The van der Waals surface area contributed by atoms with E-state index in [0.717, 1.165) is 4.90 Å². The maximum absolute atomic E-state index is 12.4. The maximum atomic E-state index is 12.4. The molecule has 1 saturated heterocycles.